The Balaban J connectivity index is 1.95. The molecule has 0 aliphatic rings. The molecule has 6 heteroatoms. The number of hydrogen-bond acceptors (Lipinski definition) is 3. The van der Waals surface area contributed by atoms with E-state index in [1.165, 1.54) is 4.57 Å². The molecule has 0 spiro atoms. The second-order valence-electron chi connectivity index (χ2n) is 6.21. The molecule has 0 atom stereocenters. The molecule has 1 heterocycles. The predicted octanol–water partition coefficient (Wildman–Crippen LogP) is 4.15. The molecule has 0 saturated heterocycles. The molecule has 6 nitrogen and oxygen atoms in total. The number of aromatic nitrogens is 2. The molecule has 134 valence electrons. The molecule has 26 heavy (non-hydrogen) atoms. The molecule has 2 aromatic carbocycles. The zero-order valence-electron chi connectivity index (χ0n) is 15.0. The van der Waals surface area contributed by atoms with E-state index >= 15 is 0 Å². The van der Waals surface area contributed by atoms with Crippen molar-refractivity contribution in [3.8, 4) is 0 Å². The first-order valence-electron chi connectivity index (χ1n) is 8.72. The fourth-order valence-electron chi connectivity index (χ4n) is 2.74. The molecule has 2 amide bonds. The van der Waals surface area contributed by atoms with Crippen molar-refractivity contribution >= 4 is 28.4 Å². The van der Waals surface area contributed by atoms with Gasteiger partial charge in [-0.1, -0.05) is 43.2 Å². The van der Waals surface area contributed by atoms with Gasteiger partial charge in [0.15, 0.2) is 0 Å². The Morgan fingerprint density at radius 2 is 1.81 bits per heavy atom. The molecular formula is C20H22N4O2. The average Bonchev–Trinajstić information content (AvgIpc) is 2.63. The van der Waals surface area contributed by atoms with Crippen molar-refractivity contribution in [2.45, 2.75) is 33.2 Å². The standard InChI is InChI=1S/C20H22N4O2/c1-3-4-13-24-18(16-7-5-6-8-17(16)22-20(24)26)23-19(25)21-15-11-9-14(2)10-12-15/h5-12H,3-4,13H2,1-2H3,(H2,21,23,25). The SMILES string of the molecule is CCCCn1c(NC(=O)Nc2ccc(C)cc2)c2ccccc2nc1=O. The number of unbranched alkanes of at least 4 members (excludes halogenated alkanes) is 1. The molecule has 0 aliphatic heterocycles. The Bertz CT molecular complexity index is 977. The van der Waals surface area contributed by atoms with Gasteiger partial charge in [-0.25, -0.2) is 9.59 Å². The number of benzene rings is 2. The number of carbonyl (C=O) groups is 1. The quantitative estimate of drug-likeness (QED) is 0.726. The van der Waals surface area contributed by atoms with Crippen LogP contribution >= 0.6 is 0 Å². The second-order valence-corrected chi connectivity index (χ2v) is 6.21. The van der Waals surface area contributed by atoms with E-state index < -0.39 is 6.03 Å². The fourth-order valence-corrected chi connectivity index (χ4v) is 2.74. The molecule has 2 N–H and O–H groups in total. The van der Waals surface area contributed by atoms with Crippen LogP contribution in [-0.2, 0) is 6.54 Å². The normalized spacial score (nSPS) is 10.7. The monoisotopic (exact) mass is 350 g/mol. The molecule has 0 bridgehead atoms. The summed E-state index contributed by atoms with van der Waals surface area (Å²) in [5, 5.41) is 6.38. The predicted molar refractivity (Wildman–Crippen MR) is 105 cm³/mol. The van der Waals surface area contributed by atoms with Gasteiger partial charge in [0, 0.05) is 17.6 Å². The van der Waals surface area contributed by atoms with Gasteiger partial charge in [0.05, 0.1) is 5.52 Å². The minimum atomic E-state index is -0.394. The number of amides is 2. The zero-order chi connectivity index (χ0) is 18.5. The number of anilines is 2. The number of urea groups is 1. The van der Waals surface area contributed by atoms with Crippen molar-refractivity contribution in [1.29, 1.82) is 0 Å². The summed E-state index contributed by atoms with van der Waals surface area (Å²) in [4.78, 5) is 29.0. The van der Waals surface area contributed by atoms with Crippen LogP contribution in [-0.4, -0.2) is 15.6 Å². The highest BCUT2D eigenvalue weighted by molar-refractivity contribution is 6.04. The van der Waals surface area contributed by atoms with E-state index in [9.17, 15) is 9.59 Å². The highest BCUT2D eigenvalue weighted by Crippen LogP contribution is 2.21. The van der Waals surface area contributed by atoms with Crippen molar-refractivity contribution in [3.05, 3.63) is 64.6 Å². The van der Waals surface area contributed by atoms with Crippen LogP contribution in [0.1, 0.15) is 25.3 Å². The largest absolute Gasteiger partial charge is 0.349 e. The smallest absolute Gasteiger partial charge is 0.308 e. The van der Waals surface area contributed by atoms with Crippen LogP contribution in [0.15, 0.2) is 53.3 Å². The highest BCUT2D eigenvalue weighted by Gasteiger charge is 2.13. The van der Waals surface area contributed by atoms with Crippen molar-refractivity contribution in [3.63, 3.8) is 0 Å². The van der Waals surface area contributed by atoms with Crippen LogP contribution in [0.5, 0.6) is 0 Å². The molecule has 0 aliphatic carbocycles. The molecular weight excluding hydrogens is 328 g/mol. The maximum absolute atomic E-state index is 12.5. The summed E-state index contributed by atoms with van der Waals surface area (Å²) in [6, 6.07) is 14.4. The van der Waals surface area contributed by atoms with E-state index in [0.29, 0.717) is 23.6 Å². The second kappa shape index (κ2) is 7.82. The topological polar surface area (TPSA) is 76.0 Å². The fraction of sp³-hybridized carbons (Fsp3) is 0.250. The zero-order valence-corrected chi connectivity index (χ0v) is 15.0. The average molecular weight is 350 g/mol. The van der Waals surface area contributed by atoms with E-state index in [2.05, 4.69) is 22.5 Å². The van der Waals surface area contributed by atoms with Crippen molar-refractivity contribution < 1.29 is 4.79 Å². The van der Waals surface area contributed by atoms with Crippen LogP contribution in [0.2, 0.25) is 0 Å². The Kier molecular flexibility index (Phi) is 5.31. The van der Waals surface area contributed by atoms with Gasteiger partial charge in [0.2, 0.25) is 0 Å². The lowest BCUT2D eigenvalue weighted by molar-refractivity contribution is 0.262. The lowest BCUT2D eigenvalue weighted by Gasteiger charge is -2.16. The third-order valence-corrected chi connectivity index (χ3v) is 4.15. The first kappa shape index (κ1) is 17.7. The molecule has 0 unspecified atom stereocenters. The summed E-state index contributed by atoms with van der Waals surface area (Å²) < 4.78 is 1.53. The van der Waals surface area contributed by atoms with E-state index in [1.54, 1.807) is 6.07 Å². The number of para-hydroxylation sites is 1. The number of aryl methyl sites for hydroxylation is 1. The maximum atomic E-state index is 12.5. The van der Waals surface area contributed by atoms with Crippen LogP contribution in [0.25, 0.3) is 10.9 Å². The first-order chi connectivity index (χ1) is 12.6. The first-order valence-corrected chi connectivity index (χ1v) is 8.72. The summed E-state index contributed by atoms with van der Waals surface area (Å²) in [6.07, 6.45) is 1.77. The van der Waals surface area contributed by atoms with Crippen molar-refractivity contribution in [2.75, 3.05) is 10.6 Å². The number of nitrogens with one attached hydrogen (secondary N) is 2. The molecule has 0 radical (unpaired) electrons. The lowest BCUT2D eigenvalue weighted by Crippen LogP contribution is -2.29. The van der Waals surface area contributed by atoms with Gasteiger partial charge >= 0.3 is 11.7 Å². The van der Waals surface area contributed by atoms with Crippen LogP contribution < -0.4 is 16.3 Å². The summed E-state index contributed by atoms with van der Waals surface area (Å²) >= 11 is 0. The summed E-state index contributed by atoms with van der Waals surface area (Å²) in [7, 11) is 0. The van der Waals surface area contributed by atoms with Gasteiger partial charge in [-0.2, -0.15) is 4.98 Å². The highest BCUT2D eigenvalue weighted by atomic mass is 16.2. The molecule has 3 rings (SSSR count). The van der Waals surface area contributed by atoms with Crippen molar-refractivity contribution in [1.82, 2.24) is 9.55 Å². The summed E-state index contributed by atoms with van der Waals surface area (Å²) in [5.74, 6) is 0.471. The Morgan fingerprint density at radius 3 is 2.54 bits per heavy atom. The van der Waals surface area contributed by atoms with Gasteiger partial charge in [-0.05, 0) is 37.6 Å². The molecule has 1 aromatic heterocycles. The molecule has 0 saturated carbocycles. The number of fused-ring (bicyclic) bond motifs is 1. The van der Waals surface area contributed by atoms with E-state index in [0.717, 1.165) is 23.8 Å². The minimum Gasteiger partial charge on any atom is -0.308 e. The minimum absolute atomic E-state index is 0.359. The van der Waals surface area contributed by atoms with Gasteiger partial charge in [-0.3, -0.25) is 9.88 Å². The van der Waals surface area contributed by atoms with Crippen molar-refractivity contribution in [2.24, 2.45) is 0 Å². The van der Waals surface area contributed by atoms with E-state index in [-0.39, 0.29) is 5.69 Å². The van der Waals surface area contributed by atoms with Crippen LogP contribution in [0.4, 0.5) is 16.3 Å². The Labute approximate surface area is 151 Å². The van der Waals surface area contributed by atoms with E-state index in [4.69, 9.17) is 0 Å². The summed E-state index contributed by atoms with van der Waals surface area (Å²) in [5.41, 5.74) is 2.01. The third-order valence-electron chi connectivity index (χ3n) is 4.15. The van der Waals surface area contributed by atoms with E-state index in [1.807, 2.05) is 49.4 Å². The Morgan fingerprint density at radius 1 is 1.08 bits per heavy atom. The van der Waals surface area contributed by atoms with Crippen LogP contribution in [0.3, 0.4) is 0 Å². The Hall–Kier alpha value is -3.15. The molecule has 3 aromatic rings. The number of carbonyl (C=O) groups excluding carboxylic acids is 1. The maximum Gasteiger partial charge on any atom is 0.349 e. The summed E-state index contributed by atoms with van der Waals surface area (Å²) in [6.45, 7) is 4.55. The number of hydrogen-bond donors (Lipinski definition) is 2. The lowest BCUT2D eigenvalue weighted by atomic mass is 10.2. The van der Waals surface area contributed by atoms with Crippen LogP contribution in [0, 0.1) is 6.92 Å². The van der Waals surface area contributed by atoms with Gasteiger partial charge < -0.3 is 5.32 Å². The van der Waals surface area contributed by atoms with Gasteiger partial charge in [0.25, 0.3) is 0 Å². The third kappa shape index (κ3) is 3.91. The molecule has 0 fully saturated rings. The number of nitrogens with zero attached hydrogens (tertiary/aromatic N) is 2. The van der Waals surface area contributed by atoms with Gasteiger partial charge in [-0.15, -0.1) is 0 Å². The number of rotatable bonds is 5. The van der Waals surface area contributed by atoms with Gasteiger partial charge in [0.1, 0.15) is 5.82 Å².